The van der Waals surface area contributed by atoms with Crippen LogP contribution in [-0.2, 0) is 85.7 Å². The predicted molar refractivity (Wildman–Crippen MR) is 187 cm³/mol. The number of carboxylic acid groups (broad SMARTS) is 6. The molecule has 12 unspecified atom stereocenters. The van der Waals surface area contributed by atoms with Crippen molar-refractivity contribution in [2.75, 3.05) is 0 Å². The second-order valence-electron chi connectivity index (χ2n) is 16.1. The van der Waals surface area contributed by atoms with Crippen LogP contribution in [0.4, 0.5) is 0 Å². The fourth-order valence-electron chi connectivity index (χ4n) is 7.62. The smallest absolute Gasteiger partial charge is 0.563 e. The second kappa shape index (κ2) is 40.2. The first kappa shape index (κ1) is 89.7. The van der Waals surface area contributed by atoms with Gasteiger partial charge in [0.05, 0.1) is 41.9 Å². The molecule has 14 N–H and O–H groups in total. The number of carbonyl (C=O) groups excluding carboxylic acids is 8. The monoisotopic (exact) mass is 1240 g/mol. The Kier molecular flexibility index (Phi) is 44.5. The van der Waals surface area contributed by atoms with Gasteiger partial charge in [-0.3, -0.25) is 0 Å². The largest absolute Gasteiger partial charge is 1.00 e. The summed E-state index contributed by atoms with van der Waals surface area (Å²) in [6.07, 6.45) is -72.0. The number of aliphatic hydroxyl groups is 14. The van der Waals surface area contributed by atoms with Crippen LogP contribution in [-0.4, -0.2) is 285 Å². The SMILES string of the molecule is O=C([O-])C(O)C(O)[C@@H]([CH-]O)O[C@@H]1OC(C(=O)[O-])[C@@H](O[C@H]2OC(C(=O)[O-])[C@@H](O[C@H]3OC(C(=O)[O-])[C@@H](O[C@H]4OC(C(=O)[O-])[C@@H](O[C@@H]5O[C@@H](C(=O)[O-])[C@@H](O)C(O)C5O)[C@H](O)C4O)[C@H](O)C3O)[C@H](O)C2O)[C@H](O)C1O.O=C=O.[Na+].[Na+].[Na+].[Na+].[Na+].[Na+].[Na+]. The van der Waals surface area contributed by atoms with Crippen LogP contribution in [0.1, 0.15) is 0 Å². The Hall–Kier alpha value is 2.24. The van der Waals surface area contributed by atoms with E-state index in [0.717, 1.165) is 0 Å². The van der Waals surface area contributed by atoms with Crippen molar-refractivity contribution in [3.63, 3.8) is 0 Å². The number of aliphatic carboxylic acids is 6. The topological polar surface area (TPSA) is 650 Å². The first-order chi connectivity index (χ1) is 34.5. The zero-order valence-corrected chi connectivity index (χ0v) is 57.3. The summed E-state index contributed by atoms with van der Waals surface area (Å²) in [5.41, 5.74) is 0. The van der Waals surface area contributed by atoms with Crippen LogP contribution in [0.5, 0.6) is 0 Å². The van der Waals surface area contributed by atoms with E-state index in [4.69, 9.17) is 57.0 Å². The van der Waals surface area contributed by atoms with Gasteiger partial charge in [-0.15, -0.1) is 0 Å². The summed E-state index contributed by atoms with van der Waals surface area (Å²) in [5, 5.41) is 217. The van der Waals surface area contributed by atoms with Crippen LogP contribution in [0.3, 0.4) is 0 Å². The molecule has 422 valence electrons. The van der Waals surface area contributed by atoms with Gasteiger partial charge in [0.1, 0.15) is 128 Å². The van der Waals surface area contributed by atoms with Crippen LogP contribution < -0.4 is 238 Å². The Balaban J connectivity index is -0.00000290. The summed E-state index contributed by atoms with van der Waals surface area (Å²) in [6, 6.07) is 0. The van der Waals surface area contributed by atoms with Gasteiger partial charge in [-0.05, 0) is 6.10 Å². The normalized spacial score (nSPS) is 40.0. The van der Waals surface area contributed by atoms with Gasteiger partial charge in [0.25, 0.3) is 0 Å². The van der Waals surface area contributed by atoms with E-state index in [-0.39, 0.29) is 220 Å². The van der Waals surface area contributed by atoms with Crippen molar-refractivity contribution >= 4 is 42.0 Å². The molecule has 0 aromatic carbocycles. The predicted octanol–water partition coefficient (Wildman–Crippen LogP) is -42.3. The van der Waals surface area contributed by atoms with Gasteiger partial charge in [0.15, 0.2) is 31.5 Å². The van der Waals surface area contributed by atoms with Gasteiger partial charge in [-0.1, -0.05) is 0 Å². The molecule has 38 nitrogen and oxygen atoms in total. The molecule has 5 fully saturated rings. The maximum Gasteiger partial charge on any atom is 1.00 e. The Morgan fingerprint density at radius 1 is 0.383 bits per heavy atom. The van der Waals surface area contributed by atoms with Crippen LogP contribution in [0.15, 0.2) is 0 Å². The molecule has 0 amide bonds. The maximum absolute atomic E-state index is 12.3. The third-order valence-corrected chi connectivity index (χ3v) is 11.4. The van der Waals surface area contributed by atoms with Crippen molar-refractivity contribution < 1.29 is 395 Å². The second-order valence-corrected chi connectivity index (χ2v) is 16.1. The van der Waals surface area contributed by atoms with Crippen molar-refractivity contribution in [2.24, 2.45) is 0 Å². The first-order valence-corrected chi connectivity index (χ1v) is 20.6. The number of ether oxygens (including phenoxy) is 10. The standard InChI is InChI=1S/C35H49O36.CO2.7Na/c36-1-2(3(37)10(44)25(50)51)62-31-12(46)6(40)16(21(68-31)27(54)55)64-33-14(48)8(42)18(23(70-33)29(58)59)66-35-15(49)9(43)19(24(71-35)30(60)61)65-34-13(47)7(41)17(22(69-34)28(56)57)63-32-11(45)4(38)5(39)20(67-32)26(52)53;2-1-3;;;;;;;/h1-24,31-49H,(H,50,51)(H,52,53)(H,54,55)(H,56,57)(H,58,59)(H,60,61);;;;;;;;/q-1;;7*+1/p-6/t2-,3?,4?,5+,6-,7-,8-,9-,10?,11?,12?,13?,14?,15?,16+,17+,18+,19+,20-,21?,22?,23?,24?,31-,32-,33+,34+,35+;;;;;;;;/m1......../s1. The summed E-state index contributed by atoms with van der Waals surface area (Å²) in [4.78, 5) is 87.3. The molecule has 0 aliphatic carbocycles. The van der Waals surface area contributed by atoms with Gasteiger partial charge >= 0.3 is 213 Å². The maximum atomic E-state index is 12.3. The van der Waals surface area contributed by atoms with E-state index < -0.39 is 208 Å². The first-order valence-electron chi connectivity index (χ1n) is 20.6. The molecule has 5 rings (SSSR count). The third kappa shape index (κ3) is 21.7. The molecule has 5 saturated heterocycles. The van der Waals surface area contributed by atoms with Crippen LogP contribution in [0, 0.1) is 6.61 Å². The zero-order chi connectivity index (χ0) is 56.1. The molecule has 0 spiro atoms. The van der Waals surface area contributed by atoms with Crippen molar-refractivity contribution in [1.82, 2.24) is 0 Å². The Bertz CT molecular complexity index is 2020. The Morgan fingerprint density at radius 3 is 0.840 bits per heavy atom. The molecule has 81 heavy (non-hydrogen) atoms. The van der Waals surface area contributed by atoms with Gasteiger partial charge < -0.3 is 178 Å². The van der Waals surface area contributed by atoms with Gasteiger partial charge in [0.2, 0.25) is 0 Å². The molecule has 0 aromatic rings. The Labute approximate surface area is 607 Å². The molecule has 0 bridgehead atoms. The van der Waals surface area contributed by atoms with E-state index in [1.54, 1.807) is 0 Å². The van der Waals surface area contributed by atoms with E-state index in [1.165, 1.54) is 0 Å². The van der Waals surface area contributed by atoms with Crippen molar-refractivity contribution in [3.8, 4) is 0 Å². The van der Waals surface area contributed by atoms with E-state index in [1.807, 2.05) is 0 Å². The zero-order valence-electron chi connectivity index (χ0n) is 43.3. The fraction of sp³-hybridized carbons (Fsp3) is 0.778. The Morgan fingerprint density at radius 2 is 0.605 bits per heavy atom. The van der Waals surface area contributed by atoms with E-state index in [2.05, 4.69) is 0 Å². The van der Waals surface area contributed by atoms with Crippen LogP contribution >= 0.6 is 0 Å². The van der Waals surface area contributed by atoms with E-state index in [9.17, 15) is 131 Å². The van der Waals surface area contributed by atoms with Crippen molar-refractivity contribution in [2.45, 2.75) is 172 Å². The molecule has 45 heteroatoms. The molecule has 5 aliphatic rings. The average molecular weight is 1240 g/mol. The third-order valence-electron chi connectivity index (χ3n) is 11.4. The minimum atomic E-state index is -2.78. The number of hydrogen-bond acceptors (Lipinski definition) is 38. The fourth-order valence-corrected chi connectivity index (χ4v) is 7.62. The quantitative estimate of drug-likeness (QED) is 0.0422. The summed E-state index contributed by atoms with van der Waals surface area (Å²) in [7, 11) is 0. The number of aliphatic hydroxyl groups excluding tert-OH is 14. The van der Waals surface area contributed by atoms with E-state index in [0.29, 0.717) is 0 Å². The van der Waals surface area contributed by atoms with E-state index >= 15 is 0 Å². The summed E-state index contributed by atoms with van der Waals surface area (Å²) < 4.78 is 50.4. The molecule has 0 saturated carbocycles. The minimum Gasteiger partial charge on any atom is -0.563 e. The average Bonchev–Trinajstić information content (AvgIpc) is 3.33. The summed E-state index contributed by atoms with van der Waals surface area (Å²) in [6.45, 7) is -0.0933. The molecule has 5 heterocycles. The van der Waals surface area contributed by atoms with Crippen molar-refractivity contribution in [3.05, 3.63) is 6.61 Å². The van der Waals surface area contributed by atoms with Gasteiger partial charge in [-0.25, -0.2) is 0 Å². The minimum absolute atomic E-state index is 0. The number of carbonyl (C=O) groups is 6. The summed E-state index contributed by atoms with van der Waals surface area (Å²) in [5.74, 6) is -14.0. The number of carboxylic acids is 6. The van der Waals surface area contributed by atoms with Crippen LogP contribution in [0.25, 0.3) is 0 Å². The van der Waals surface area contributed by atoms with Crippen molar-refractivity contribution in [1.29, 1.82) is 0 Å². The molecular formula is C36H43Na7O38. The molecule has 5 aliphatic heterocycles. The molecule has 0 radical (unpaired) electrons. The van der Waals surface area contributed by atoms with Gasteiger partial charge in [-0.2, -0.15) is 16.2 Å². The van der Waals surface area contributed by atoms with Gasteiger partial charge in [0, 0.05) is 0 Å². The summed E-state index contributed by atoms with van der Waals surface area (Å²) >= 11 is 0. The number of rotatable bonds is 19. The van der Waals surface area contributed by atoms with Crippen LogP contribution in [0.2, 0.25) is 0 Å². The molecule has 28 atom stereocenters. The molecular weight excluding hydrogens is 1200 g/mol. The molecule has 0 aromatic heterocycles. The number of hydrogen-bond donors (Lipinski definition) is 14.